The Balaban J connectivity index is 1.99. The number of amides is 1. The zero-order valence-electron chi connectivity index (χ0n) is 12.0. The number of anilines is 1. The Hall–Kier alpha value is -1.84. The van der Waals surface area contributed by atoms with E-state index in [-0.39, 0.29) is 23.7 Å². The molecule has 1 unspecified atom stereocenters. The van der Waals surface area contributed by atoms with E-state index in [2.05, 4.69) is 19.2 Å². The number of hydrogen-bond acceptors (Lipinski definition) is 2. The molecule has 0 saturated heterocycles. The predicted octanol–water partition coefficient (Wildman–Crippen LogP) is 3.08. The summed E-state index contributed by atoms with van der Waals surface area (Å²) in [4.78, 5) is 22.9. The van der Waals surface area contributed by atoms with Gasteiger partial charge in [-0.25, -0.2) is 0 Å². The van der Waals surface area contributed by atoms with Crippen molar-refractivity contribution in [3.05, 3.63) is 29.8 Å². The molecule has 2 rings (SSSR count). The van der Waals surface area contributed by atoms with Gasteiger partial charge in [0.2, 0.25) is 5.91 Å². The van der Waals surface area contributed by atoms with Gasteiger partial charge >= 0.3 is 5.97 Å². The second-order valence-electron chi connectivity index (χ2n) is 6.19. The molecular weight excluding hydrogens is 254 g/mol. The Morgan fingerprint density at radius 3 is 2.45 bits per heavy atom. The van der Waals surface area contributed by atoms with E-state index in [4.69, 9.17) is 5.11 Å². The first-order valence-electron chi connectivity index (χ1n) is 7.00. The first-order valence-corrected chi connectivity index (χ1v) is 7.00. The molecule has 1 amide bonds. The third-order valence-electron chi connectivity index (χ3n) is 4.15. The van der Waals surface area contributed by atoms with Crippen molar-refractivity contribution in [1.82, 2.24) is 0 Å². The van der Waals surface area contributed by atoms with Crippen molar-refractivity contribution in [2.75, 3.05) is 5.32 Å². The molecule has 0 aliphatic heterocycles. The van der Waals surface area contributed by atoms with Gasteiger partial charge in [0.1, 0.15) is 0 Å². The van der Waals surface area contributed by atoms with Crippen molar-refractivity contribution in [3.63, 3.8) is 0 Å². The highest BCUT2D eigenvalue weighted by Crippen LogP contribution is 2.42. The molecule has 1 fully saturated rings. The van der Waals surface area contributed by atoms with Gasteiger partial charge in [0.15, 0.2) is 0 Å². The van der Waals surface area contributed by atoms with Crippen molar-refractivity contribution in [2.45, 2.75) is 39.5 Å². The molecule has 0 spiro atoms. The number of carboxylic acid groups (broad SMARTS) is 1. The lowest BCUT2D eigenvalue weighted by molar-refractivity contribution is -0.136. The maximum atomic E-state index is 12.3. The number of nitrogens with one attached hydrogen (secondary N) is 1. The van der Waals surface area contributed by atoms with Gasteiger partial charge in [0.05, 0.1) is 6.42 Å². The van der Waals surface area contributed by atoms with Gasteiger partial charge in [-0.05, 0) is 36.0 Å². The molecule has 1 aromatic carbocycles. The van der Waals surface area contributed by atoms with Crippen LogP contribution in [0.2, 0.25) is 0 Å². The number of carboxylic acids is 1. The maximum Gasteiger partial charge on any atom is 0.307 e. The van der Waals surface area contributed by atoms with E-state index in [1.807, 2.05) is 0 Å². The summed E-state index contributed by atoms with van der Waals surface area (Å²) in [5, 5.41) is 11.6. The molecule has 4 heteroatoms. The van der Waals surface area contributed by atoms with Crippen LogP contribution in [0.15, 0.2) is 24.3 Å². The minimum Gasteiger partial charge on any atom is -0.481 e. The van der Waals surface area contributed by atoms with Crippen molar-refractivity contribution in [2.24, 2.45) is 11.3 Å². The number of rotatable bonds is 4. The minimum atomic E-state index is -0.852. The summed E-state index contributed by atoms with van der Waals surface area (Å²) in [6.45, 7) is 4.28. The second kappa shape index (κ2) is 5.65. The van der Waals surface area contributed by atoms with Crippen LogP contribution in [-0.4, -0.2) is 17.0 Å². The summed E-state index contributed by atoms with van der Waals surface area (Å²) in [5.41, 5.74) is 1.52. The molecule has 1 saturated carbocycles. The summed E-state index contributed by atoms with van der Waals surface area (Å²) in [5.74, 6) is -0.728. The van der Waals surface area contributed by atoms with E-state index in [9.17, 15) is 9.59 Å². The van der Waals surface area contributed by atoms with E-state index < -0.39 is 5.97 Å². The third-order valence-corrected chi connectivity index (χ3v) is 4.15. The molecule has 0 aromatic heterocycles. The van der Waals surface area contributed by atoms with Gasteiger partial charge in [0.25, 0.3) is 0 Å². The van der Waals surface area contributed by atoms with Crippen molar-refractivity contribution in [1.29, 1.82) is 0 Å². The maximum absolute atomic E-state index is 12.3. The largest absolute Gasteiger partial charge is 0.481 e. The highest BCUT2D eigenvalue weighted by molar-refractivity contribution is 5.93. The van der Waals surface area contributed by atoms with Crippen LogP contribution in [0.5, 0.6) is 0 Å². The molecule has 2 N–H and O–H groups in total. The summed E-state index contributed by atoms with van der Waals surface area (Å²) < 4.78 is 0. The van der Waals surface area contributed by atoms with Gasteiger partial charge in [-0.15, -0.1) is 0 Å². The van der Waals surface area contributed by atoms with Crippen LogP contribution in [0.25, 0.3) is 0 Å². The summed E-state index contributed by atoms with van der Waals surface area (Å²) >= 11 is 0. The van der Waals surface area contributed by atoms with E-state index in [1.54, 1.807) is 24.3 Å². The van der Waals surface area contributed by atoms with Crippen LogP contribution in [0.4, 0.5) is 5.69 Å². The van der Waals surface area contributed by atoms with E-state index in [1.165, 1.54) is 0 Å². The number of aliphatic carboxylic acids is 1. The van der Waals surface area contributed by atoms with Gasteiger partial charge in [-0.1, -0.05) is 32.4 Å². The topological polar surface area (TPSA) is 66.4 Å². The predicted molar refractivity (Wildman–Crippen MR) is 77.5 cm³/mol. The van der Waals surface area contributed by atoms with Crippen molar-refractivity contribution < 1.29 is 14.7 Å². The first kappa shape index (κ1) is 14.6. The minimum absolute atomic E-state index is 0.00385. The van der Waals surface area contributed by atoms with Crippen molar-refractivity contribution in [3.8, 4) is 0 Å². The number of benzene rings is 1. The zero-order valence-corrected chi connectivity index (χ0v) is 12.0. The molecule has 1 aliphatic carbocycles. The highest BCUT2D eigenvalue weighted by Gasteiger charge is 2.39. The lowest BCUT2D eigenvalue weighted by Gasteiger charge is -2.25. The van der Waals surface area contributed by atoms with Crippen LogP contribution in [0, 0.1) is 11.3 Å². The Morgan fingerprint density at radius 1 is 1.30 bits per heavy atom. The number of carbonyl (C=O) groups is 2. The highest BCUT2D eigenvalue weighted by atomic mass is 16.4. The normalized spacial score (nSPS) is 20.6. The molecule has 4 nitrogen and oxygen atoms in total. The standard InChI is InChI=1S/C16H21NO3/c1-16(2)9-3-4-13(16)15(20)17-12-7-5-11(6-8-12)10-14(18)19/h5-8,13H,3-4,9-10H2,1-2H3,(H,17,20)(H,18,19). The Labute approximate surface area is 119 Å². The summed E-state index contributed by atoms with van der Waals surface area (Å²) in [6.07, 6.45) is 3.13. The average molecular weight is 275 g/mol. The smallest absolute Gasteiger partial charge is 0.307 e. The molecule has 20 heavy (non-hydrogen) atoms. The Bertz CT molecular complexity index is 505. The fourth-order valence-corrected chi connectivity index (χ4v) is 2.92. The quantitative estimate of drug-likeness (QED) is 0.887. The molecule has 0 bridgehead atoms. The van der Waals surface area contributed by atoms with Crippen molar-refractivity contribution >= 4 is 17.6 Å². The fraction of sp³-hybridized carbons (Fsp3) is 0.500. The lowest BCUT2D eigenvalue weighted by Crippen LogP contribution is -2.30. The second-order valence-corrected chi connectivity index (χ2v) is 6.19. The van der Waals surface area contributed by atoms with E-state index >= 15 is 0 Å². The van der Waals surface area contributed by atoms with Crippen LogP contribution >= 0.6 is 0 Å². The molecular formula is C16H21NO3. The first-order chi connectivity index (χ1) is 9.38. The van der Waals surface area contributed by atoms with Crippen LogP contribution in [-0.2, 0) is 16.0 Å². The van der Waals surface area contributed by atoms with Gasteiger partial charge < -0.3 is 10.4 Å². The average Bonchev–Trinajstić information content (AvgIpc) is 2.71. The third kappa shape index (κ3) is 3.38. The SMILES string of the molecule is CC1(C)CCCC1C(=O)Nc1ccc(CC(=O)O)cc1. The molecule has 1 aliphatic rings. The van der Waals surface area contributed by atoms with Gasteiger partial charge in [0, 0.05) is 11.6 Å². The number of carbonyl (C=O) groups excluding carboxylic acids is 1. The Morgan fingerprint density at radius 2 is 1.95 bits per heavy atom. The summed E-state index contributed by atoms with van der Waals surface area (Å²) in [6, 6.07) is 7.00. The molecule has 1 aromatic rings. The number of hydrogen-bond donors (Lipinski definition) is 2. The molecule has 108 valence electrons. The molecule has 0 radical (unpaired) electrons. The van der Waals surface area contributed by atoms with Crippen LogP contribution < -0.4 is 5.32 Å². The summed E-state index contributed by atoms with van der Waals surface area (Å²) in [7, 11) is 0. The fourth-order valence-electron chi connectivity index (χ4n) is 2.92. The van der Waals surface area contributed by atoms with E-state index in [0.717, 1.165) is 30.5 Å². The van der Waals surface area contributed by atoms with Gasteiger partial charge in [-0.2, -0.15) is 0 Å². The van der Waals surface area contributed by atoms with E-state index in [0.29, 0.717) is 0 Å². The zero-order chi connectivity index (χ0) is 14.8. The molecule has 1 atom stereocenters. The monoisotopic (exact) mass is 275 g/mol. The van der Waals surface area contributed by atoms with Crippen LogP contribution in [0.3, 0.4) is 0 Å². The van der Waals surface area contributed by atoms with Crippen LogP contribution in [0.1, 0.15) is 38.7 Å². The van der Waals surface area contributed by atoms with Gasteiger partial charge in [-0.3, -0.25) is 9.59 Å². The Kier molecular flexibility index (Phi) is 4.12. The molecule has 0 heterocycles. The lowest BCUT2D eigenvalue weighted by atomic mass is 9.81.